The second-order valence-electron chi connectivity index (χ2n) is 6.81. The Kier molecular flexibility index (Phi) is 4.80. The fraction of sp³-hybridized carbons (Fsp3) is 0.812. The quantitative estimate of drug-likeness (QED) is 0.860. The maximum atomic E-state index is 11.0. The minimum atomic E-state index is -0.610. The molecule has 2 atom stereocenters. The topological polar surface area (TPSA) is 38.0 Å². The molecular weight excluding hydrogens is 272 g/mol. The lowest BCUT2D eigenvalue weighted by molar-refractivity contribution is 0.0235. The zero-order valence-corrected chi connectivity index (χ0v) is 13.9. The summed E-state index contributed by atoms with van der Waals surface area (Å²) in [7, 11) is 1.85. The van der Waals surface area contributed by atoms with Gasteiger partial charge in [0.1, 0.15) is 5.15 Å². The van der Waals surface area contributed by atoms with Crippen LogP contribution in [0.15, 0.2) is 0 Å². The van der Waals surface area contributed by atoms with Crippen molar-refractivity contribution in [2.75, 3.05) is 0 Å². The number of nitrogens with zero attached hydrogens (tertiary/aromatic N) is 2. The minimum Gasteiger partial charge on any atom is -0.390 e. The number of halogens is 1. The van der Waals surface area contributed by atoms with Crippen LogP contribution < -0.4 is 0 Å². The first kappa shape index (κ1) is 15.8. The molecule has 1 N–H and O–H groups in total. The van der Waals surface area contributed by atoms with Gasteiger partial charge in [-0.05, 0) is 38.0 Å². The summed E-state index contributed by atoms with van der Waals surface area (Å²) in [5.74, 6) is 1.45. The maximum absolute atomic E-state index is 11.0. The second kappa shape index (κ2) is 6.07. The standard InChI is InChI=1S/C16H27ClN2O/c1-11(2)13-6-5-8-16(20,9-7-13)10-14-12(3)18-19(4)15(14)17/h11,13,20H,5-10H2,1-4H3. The van der Waals surface area contributed by atoms with Crippen molar-refractivity contribution < 1.29 is 5.11 Å². The Balaban J connectivity index is 2.11. The van der Waals surface area contributed by atoms with Gasteiger partial charge in [-0.2, -0.15) is 5.10 Å². The number of hydrogen-bond donors (Lipinski definition) is 1. The first-order chi connectivity index (χ1) is 9.32. The molecule has 1 saturated carbocycles. The van der Waals surface area contributed by atoms with E-state index in [2.05, 4.69) is 18.9 Å². The van der Waals surface area contributed by atoms with Crippen molar-refractivity contribution in [3.05, 3.63) is 16.4 Å². The number of rotatable bonds is 3. The fourth-order valence-electron chi connectivity index (χ4n) is 3.46. The molecule has 1 aliphatic rings. The van der Waals surface area contributed by atoms with Gasteiger partial charge in [0.15, 0.2) is 0 Å². The smallest absolute Gasteiger partial charge is 0.130 e. The molecule has 1 aliphatic carbocycles. The minimum absolute atomic E-state index is 0.610. The molecule has 0 saturated heterocycles. The predicted molar refractivity (Wildman–Crippen MR) is 83.0 cm³/mol. The summed E-state index contributed by atoms with van der Waals surface area (Å²) in [6, 6.07) is 0. The average molecular weight is 299 g/mol. The lowest BCUT2D eigenvalue weighted by atomic mass is 9.85. The molecule has 2 rings (SSSR count). The number of aromatic nitrogens is 2. The van der Waals surface area contributed by atoms with Crippen LogP contribution in [0, 0.1) is 18.8 Å². The number of hydrogen-bond acceptors (Lipinski definition) is 2. The van der Waals surface area contributed by atoms with Gasteiger partial charge in [-0.25, -0.2) is 0 Å². The molecule has 2 unspecified atom stereocenters. The van der Waals surface area contributed by atoms with Crippen LogP contribution in [-0.4, -0.2) is 20.5 Å². The van der Waals surface area contributed by atoms with E-state index in [9.17, 15) is 5.11 Å². The van der Waals surface area contributed by atoms with Crippen LogP contribution in [0.5, 0.6) is 0 Å². The van der Waals surface area contributed by atoms with Gasteiger partial charge in [0, 0.05) is 19.0 Å². The van der Waals surface area contributed by atoms with Crippen molar-refractivity contribution in [3.8, 4) is 0 Å². The molecule has 0 bridgehead atoms. The summed E-state index contributed by atoms with van der Waals surface area (Å²) in [6.07, 6.45) is 5.85. The molecule has 0 radical (unpaired) electrons. The zero-order valence-electron chi connectivity index (χ0n) is 13.1. The van der Waals surface area contributed by atoms with Crippen LogP contribution in [0.4, 0.5) is 0 Å². The molecule has 20 heavy (non-hydrogen) atoms. The van der Waals surface area contributed by atoms with E-state index >= 15 is 0 Å². The van der Waals surface area contributed by atoms with Crippen LogP contribution in [0.1, 0.15) is 57.2 Å². The van der Waals surface area contributed by atoms with Crippen LogP contribution >= 0.6 is 11.6 Å². The normalized spacial score (nSPS) is 27.9. The first-order valence-corrected chi connectivity index (χ1v) is 8.10. The predicted octanol–water partition coefficient (Wildman–Crippen LogP) is 3.89. The van der Waals surface area contributed by atoms with Crippen molar-refractivity contribution >= 4 is 11.6 Å². The lowest BCUT2D eigenvalue weighted by Crippen LogP contribution is -2.31. The maximum Gasteiger partial charge on any atom is 0.130 e. The van der Waals surface area contributed by atoms with E-state index in [1.165, 1.54) is 6.42 Å². The summed E-state index contributed by atoms with van der Waals surface area (Å²) >= 11 is 6.30. The zero-order chi connectivity index (χ0) is 14.9. The third-order valence-electron chi connectivity index (χ3n) is 4.92. The molecule has 0 aromatic carbocycles. The average Bonchev–Trinajstić information content (AvgIpc) is 2.56. The second-order valence-corrected chi connectivity index (χ2v) is 7.17. The van der Waals surface area contributed by atoms with Crippen molar-refractivity contribution in [2.45, 2.75) is 64.9 Å². The highest BCUT2D eigenvalue weighted by Gasteiger charge is 2.33. The van der Waals surface area contributed by atoms with Crippen molar-refractivity contribution in [3.63, 3.8) is 0 Å². The van der Waals surface area contributed by atoms with Crippen LogP contribution in [0.25, 0.3) is 0 Å². The monoisotopic (exact) mass is 298 g/mol. The van der Waals surface area contributed by atoms with E-state index in [1.807, 2.05) is 14.0 Å². The summed E-state index contributed by atoms with van der Waals surface area (Å²) in [5.41, 5.74) is 1.34. The Morgan fingerprint density at radius 2 is 2.10 bits per heavy atom. The van der Waals surface area contributed by atoms with Crippen molar-refractivity contribution in [1.82, 2.24) is 9.78 Å². The van der Waals surface area contributed by atoms with E-state index in [-0.39, 0.29) is 0 Å². The van der Waals surface area contributed by atoms with Gasteiger partial charge in [0.2, 0.25) is 0 Å². The Morgan fingerprint density at radius 3 is 2.65 bits per heavy atom. The van der Waals surface area contributed by atoms with E-state index in [0.29, 0.717) is 17.5 Å². The highest BCUT2D eigenvalue weighted by Crippen LogP contribution is 2.37. The highest BCUT2D eigenvalue weighted by atomic mass is 35.5. The Labute approximate surface area is 127 Å². The molecule has 114 valence electrons. The SMILES string of the molecule is Cc1nn(C)c(Cl)c1CC1(O)CCCC(C(C)C)CC1. The van der Waals surface area contributed by atoms with Crippen LogP contribution in [0.2, 0.25) is 5.15 Å². The molecule has 0 amide bonds. The molecular formula is C16H27ClN2O. The van der Waals surface area contributed by atoms with E-state index < -0.39 is 5.60 Å². The molecule has 0 aliphatic heterocycles. The highest BCUT2D eigenvalue weighted by molar-refractivity contribution is 6.30. The van der Waals surface area contributed by atoms with E-state index in [1.54, 1.807) is 4.68 Å². The lowest BCUT2D eigenvalue weighted by Gasteiger charge is -2.27. The van der Waals surface area contributed by atoms with Crippen LogP contribution in [-0.2, 0) is 13.5 Å². The Morgan fingerprint density at radius 1 is 1.40 bits per heavy atom. The Hall–Kier alpha value is -0.540. The largest absolute Gasteiger partial charge is 0.390 e. The number of aryl methyl sites for hydroxylation is 2. The van der Waals surface area contributed by atoms with Gasteiger partial charge >= 0.3 is 0 Å². The molecule has 3 nitrogen and oxygen atoms in total. The molecule has 1 aromatic heterocycles. The summed E-state index contributed by atoms with van der Waals surface area (Å²) < 4.78 is 1.70. The van der Waals surface area contributed by atoms with Gasteiger partial charge in [0.25, 0.3) is 0 Å². The van der Waals surface area contributed by atoms with Crippen molar-refractivity contribution in [2.24, 2.45) is 18.9 Å². The van der Waals surface area contributed by atoms with Crippen LogP contribution in [0.3, 0.4) is 0 Å². The third-order valence-corrected chi connectivity index (χ3v) is 5.39. The van der Waals surface area contributed by atoms with Gasteiger partial charge in [0.05, 0.1) is 11.3 Å². The summed E-state index contributed by atoms with van der Waals surface area (Å²) in [5, 5.41) is 16.0. The van der Waals surface area contributed by atoms with Gasteiger partial charge in [-0.3, -0.25) is 4.68 Å². The van der Waals surface area contributed by atoms with Gasteiger partial charge in [-0.1, -0.05) is 38.3 Å². The van der Waals surface area contributed by atoms with Gasteiger partial charge < -0.3 is 5.11 Å². The van der Waals surface area contributed by atoms with Crippen molar-refractivity contribution in [1.29, 1.82) is 0 Å². The third kappa shape index (κ3) is 3.37. The molecule has 1 heterocycles. The molecule has 0 spiro atoms. The first-order valence-electron chi connectivity index (χ1n) is 7.73. The molecule has 4 heteroatoms. The fourth-order valence-corrected chi connectivity index (χ4v) is 3.71. The number of aliphatic hydroxyl groups is 1. The van der Waals surface area contributed by atoms with E-state index in [4.69, 9.17) is 11.6 Å². The Bertz CT molecular complexity index is 469. The molecule has 1 aromatic rings. The summed E-state index contributed by atoms with van der Waals surface area (Å²) in [6.45, 7) is 6.55. The van der Waals surface area contributed by atoms with E-state index in [0.717, 1.165) is 42.9 Å². The van der Waals surface area contributed by atoms with Gasteiger partial charge in [-0.15, -0.1) is 0 Å². The molecule has 1 fully saturated rings. The summed E-state index contributed by atoms with van der Waals surface area (Å²) in [4.78, 5) is 0.